The molecule has 90 valence electrons. The van der Waals surface area contributed by atoms with Gasteiger partial charge in [-0.05, 0) is 24.1 Å². The van der Waals surface area contributed by atoms with Gasteiger partial charge in [-0.1, -0.05) is 6.07 Å². The van der Waals surface area contributed by atoms with Crippen LogP contribution in [-0.4, -0.2) is 24.7 Å². The van der Waals surface area contributed by atoms with Crippen molar-refractivity contribution in [2.24, 2.45) is 0 Å². The molecule has 2 N–H and O–H groups in total. The number of alkyl carbamates (subject to hydrolysis) is 1. The Morgan fingerprint density at radius 3 is 3.12 bits per heavy atom. The minimum Gasteiger partial charge on any atom is -0.453 e. The number of fused-ring (bicyclic) bond motifs is 1. The summed E-state index contributed by atoms with van der Waals surface area (Å²) in [5.74, 6) is -0.468. The fourth-order valence-electron chi connectivity index (χ4n) is 1.54. The first-order chi connectivity index (χ1) is 8.19. The number of aromatic amines is 1. The van der Waals surface area contributed by atoms with Crippen LogP contribution in [-0.2, 0) is 11.2 Å². The van der Waals surface area contributed by atoms with Crippen molar-refractivity contribution in [2.75, 3.05) is 13.7 Å². The predicted molar refractivity (Wildman–Crippen MR) is 60.9 cm³/mol. The molecule has 0 unspecified atom stereocenters. The summed E-state index contributed by atoms with van der Waals surface area (Å²) in [5, 5.41) is 2.58. The Kier molecular flexibility index (Phi) is 3.13. The van der Waals surface area contributed by atoms with Gasteiger partial charge in [0.05, 0.1) is 12.6 Å². The van der Waals surface area contributed by atoms with Crippen molar-refractivity contribution in [1.29, 1.82) is 0 Å². The van der Waals surface area contributed by atoms with E-state index in [0.29, 0.717) is 24.1 Å². The molecule has 1 aromatic heterocycles. The van der Waals surface area contributed by atoms with E-state index in [9.17, 15) is 9.59 Å². The predicted octanol–water partition coefficient (Wildman–Crippen LogP) is 1.02. The molecule has 0 aliphatic carbocycles. The third kappa shape index (κ3) is 2.66. The second kappa shape index (κ2) is 4.73. The van der Waals surface area contributed by atoms with Gasteiger partial charge in [0.25, 0.3) is 0 Å². The standard InChI is InChI=1S/C11H12N2O4/c1-16-10(14)12-5-4-7-2-3-9-8(6-7)13-11(15)17-9/h2-3,6H,4-5H2,1H3,(H,12,14)(H,13,15). The maximum absolute atomic E-state index is 10.9. The Hall–Kier alpha value is -2.24. The van der Waals surface area contributed by atoms with Gasteiger partial charge >= 0.3 is 11.8 Å². The van der Waals surface area contributed by atoms with E-state index in [2.05, 4.69) is 15.0 Å². The van der Waals surface area contributed by atoms with Crippen molar-refractivity contribution < 1.29 is 13.9 Å². The number of benzene rings is 1. The molecule has 0 bridgehead atoms. The van der Waals surface area contributed by atoms with Crippen LogP contribution >= 0.6 is 0 Å². The van der Waals surface area contributed by atoms with E-state index in [1.165, 1.54) is 7.11 Å². The Balaban J connectivity index is 2.04. The molecule has 2 aromatic rings. The van der Waals surface area contributed by atoms with Gasteiger partial charge in [-0.3, -0.25) is 4.98 Å². The fourth-order valence-corrected chi connectivity index (χ4v) is 1.54. The van der Waals surface area contributed by atoms with E-state index in [4.69, 9.17) is 4.42 Å². The minimum atomic E-state index is -0.468. The van der Waals surface area contributed by atoms with Crippen LogP contribution in [0.5, 0.6) is 0 Å². The van der Waals surface area contributed by atoms with E-state index in [1.807, 2.05) is 12.1 Å². The average Bonchev–Trinajstić information content (AvgIpc) is 2.68. The van der Waals surface area contributed by atoms with Crippen LogP contribution in [0.2, 0.25) is 0 Å². The molecule has 1 amide bonds. The SMILES string of the molecule is COC(=O)NCCc1ccc2oc(=O)[nH]c2c1. The number of oxazole rings is 1. The summed E-state index contributed by atoms with van der Waals surface area (Å²) in [6, 6.07) is 5.39. The lowest BCUT2D eigenvalue weighted by atomic mass is 10.1. The number of ether oxygens (including phenoxy) is 1. The number of aromatic nitrogens is 1. The first-order valence-electron chi connectivity index (χ1n) is 5.12. The largest absolute Gasteiger partial charge is 0.453 e. The molecule has 0 spiro atoms. The molecule has 1 aromatic carbocycles. The number of rotatable bonds is 3. The zero-order valence-corrected chi connectivity index (χ0v) is 9.28. The van der Waals surface area contributed by atoms with Gasteiger partial charge in [-0.15, -0.1) is 0 Å². The van der Waals surface area contributed by atoms with Crippen LogP contribution < -0.4 is 11.1 Å². The fraction of sp³-hybridized carbons (Fsp3) is 0.273. The van der Waals surface area contributed by atoms with E-state index in [0.717, 1.165) is 5.56 Å². The highest BCUT2D eigenvalue weighted by atomic mass is 16.5. The summed E-state index contributed by atoms with van der Waals surface area (Å²) < 4.78 is 9.33. The lowest BCUT2D eigenvalue weighted by molar-refractivity contribution is 0.171. The second-order valence-corrected chi connectivity index (χ2v) is 3.51. The lowest BCUT2D eigenvalue weighted by Crippen LogP contribution is -2.25. The summed E-state index contributed by atoms with van der Waals surface area (Å²) in [6.07, 6.45) is 0.195. The Bertz CT molecular complexity index is 584. The van der Waals surface area contributed by atoms with Crippen LogP contribution in [0.4, 0.5) is 4.79 Å². The van der Waals surface area contributed by atoms with Crippen molar-refractivity contribution >= 4 is 17.2 Å². The normalized spacial score (nSPS) is 10.4. The van der Waals surface area contributed by atoms with Crippen molar-refractivity contribution in [3.05, 3.63) is 34.3 Å². The van der Waals surface area contributed by atoms with Crippen molar-refractivity contribution in [3.63, 3.8) is 0 Å². The molecule has 0 saturated carbocycles. The first kappa shape index (κ1) is 11.3. The number of H-pyrrole nitrogens is 1. The van der Waals surface area contributed by atoms with E-state index in [-0.39, 0.29) is 0 Å². The van der Waals surface area contributed by atoms with Gasteiger partial charge in [0.2, 0.25) is 0 Å². The average molecular weight is 236 g/mol. The molecule has 0 fully saturated rings. The molecule has 0 radical (unpaired) electrons. The van der Waals surface area contributed by atoms with Gasteiger partial charge < -0.3 is 14.5 Å². The monoisotopic (exact) mass is 236 g/mol. The van der Waals surface area contributed by atoms with Gasteiger partial charge in [0, 0.05) is 6.54 Å². The van der Waals surface area contributed by atoms with E-state index >= 15 is 0 Å². The molecule has 17 heavy (non-hydrogen) atoms. The van der Waals surface area contributed by atoms with Crippen molar-refractivity contribution in [2.45, 2.75) is 6.42 Å². The summed E-state index contributed by atoms with van der Waals surface area (Å²) in [7, 11) is 1.32. The van der Waals surface area contributed by atoms with Crippen molar-refractivity contribution in [1.82, 2.24) is 10.3 Å². The number of methoxy groups -OCH3 is 1. The quantitative estimate of drug-likeness (QED) is 0.833. The summed E-state index contributed by atoms with van der Waals surface area (Å²) in [5.41, 5.74) is 2.18. The molecule has 1 heterocycles. The topological polar surface area (TPSA) is 84.3 Å². The van der Waals surface area contributed by atoms with Crippen LogP contribution in [0.1, 0.15) is 5.56 Å². The highest BCUT2D eigenvalue weighted by molar-refractivity contribution is 5.72. The third-order valence-electron chi connectivity index (χ3n) is 2.35. The first-order valence-corrected chi connectivity index (χ1v) is 5.12. The molecule has 6 heteroatoms. The zero-order chi connectivity index (χ0) is 12.3. The molecule has 0 saturated heterocycles. The Labute approximate surface area is 96.6 Å². The lowest BCUT2D eigenvalue weighted by Gasteiger charge is -2.03. The number of hydrogen-bond donors (Lipinski definition) is 2. The molecule has 6 nitrogen and oxygen atoms in total. The summed E-state index contributed by atoms with van der Waals surface area (Å²) in [4.78, 5) is 24.3. The number of nitrogens with one attached hydrogen (secondary N) is 2. The molecular weight excluding hydrogens is 224 g/mol. The highest BCUT2D eigenvalue weighted by Gasteiger charge is 2.03. The molecular formula is C11H12N2O4. The number of amides is 1. The minimum absolute atomic E-state index is 0.456. The van der Waals surface area contributed by atoms with Crippen LogP contribution in [0.25, 0.3) is 11.1 Å². The van der Waals surface area contributed by atoms with Gasteiger partial charge in [-0.2, -0.15) is 0 Å². The van der Waals surface area contributed by atoms with Crippen LogP contribution in [0.3, 0.4) is 0 Å². The van der Waals surface area contributed by atoms with E-state index in [1.54, 1.807) is 6.07 Å². The van der Waals surface area contributed by atoms with Gasteiger partial charge in [0.15, 0.2) is 5.58 Å². The van der Waals surface area contributed by atoms with Crippen molar-refractivity contribution in [3.8, 4) is 0 Å². The maximum atomic E-state index is 10.9. The van der Waals surface area contributed by atoms with Crippen LogP contribution in [0, 0.1) is 0 Å². The smallest absolute Gasteiger partial charge is 0.417 e. The number of carbonyl (C=O) groups excluding carboxylic acids is 1. The number of carbonyl (C=O) groups is 1. The zero-order valence-electron chi connectivity index (χ0n) is 9.28. The molecule has 2 rings (SSSR count). The summed E-state index contributed by atoms with van der Waals surface area (Å²) in [6.45, 7) is 0.472. The van der Waals surface area contributed by atoms with Crippen LogP contribution in [0.15, 0.2) is 27.4 Å². The van der Waals surface area contributed by atoms with Gasteiger partial charge in [0.1, 0.15) is 0 Å². The second-order valence-electron chi connectivity index (χ2n) is 3.51. The molecule has 0 aliphatic rings. The summed E-state index contributed by atoms with van der Waals surface area (Å²) >= 11 is 0. The third-order valence-corrected chi connectivity index (χ3v) is 2.35. The number of hydrogen-bond acceptors (Lipinski definition) is 4. The van der Waals surface area contributed by atoms with E-state index < -0.39 is 11.8 Å². The molecule has 0 aliphatic heterocycles. The Morgan fingerprint density at radius 2 is 2.35 bits per heavy atom. The van der Waals surface area contributed by atoms with Gasteiger partial charge in [-0.25, -0.2) is 9.59 Å². The maximum Gasteiger partial charge on any atom is 0.417 e. The Morgan fingerprint density at radius 1 is 1.53 bits per heavy atom. The molecule has 0 atom stereocenters. The highest BCUT2D eigenvalue weighted by Crippen LogP contribution is 2.12.